The molecule has 3 aromatic heterocycles. The summed E-state index contributed by atoms with van der Waals surface area (Å²) >= 11 is 0. The third-order valence-corrected chi connectivity index (χ3v) is 8.31. The predicted octanol–water partition coefficient (Wildman–Crippen LogP) is 3.61. The number of nitriles is 1. The molecule has 202 valence electrons. The highest BCUT2D eigenvalue weighted by Gasteiger charge is 2.34. The maximum absolute atomic E-state index is 13.8. The lowest BCUT2D eigenvalue weighted by molar-refractivity contribution is 0.0987. The summed E-state index contributed by atoms with van der Waals surface area (Å²) in [6.07, 6.45) is 3.85. The molecule has 4 rings (SSSR count). The number of nitrogens with zero attached hydrogens (tertiary/aromatic N) is 6. The van der Waals surface area contributed by atoms with Crippen molar-refractivity contribution in [2.45, 2.75) is 31.0 Å². The molecule has 3 heterocycles. The largest absolute Gasteiger partial charge is 0.494 e. The molecule has 12 heteroatoms. The molecule has 0 N–H and O–H groups in total. The highest BCUT2D eigenvalue weighted by molar-refractivity contribution is 7.91. The van der Waals surface area contributed by atoms with Gasteiger partial charge in [-0.2, -0.15) is 5.26 Å². The Hall–Kier alpha value is -4.34. The minimum absolute atomic E-state index is 0.156. The maximum atomic E-state index is 13.8. The second-order valence-electron chi connectivity index (χ2n) is 8.79. The molecule has 0 aliphatic heterocycles. The first-order valence-corrected chi connectivity index (χ1v) is 13.6. The average Bonchev–Trinajstić information content (AvgIpc) is 3.35. The summed E-state index contributed by atoms with van der Waals surface area (Å²) in [6.45, 7) is 3.45. The minimum atomic E-state index is -3.89. The van der Waals surface area contributed by atoms with E-state index in [1.165, 1.54) is 27.5 Å². The molecule has 4 aromatic rings. The van der Waals surface area contributed by atoms with Crippen molar-refractivity contribution in [2.24, 2.45) is 0 Å². The van der Waals surface area contributed by atoms with Crippen LogP contribution in [0.1, 0.15) is 35.7 Å². The van der Waals surface area contributed by atoms with Gasteiger partial charge in [0.05, 0.1) is 30.7 Å². The molecule has 39 heavy (non-hydrogen) atoms. The Balaban J connectivity index is 1.83. The zero-order chi connectivity index (χ0) is 28.2. The number of para-hydroxylation sites is 1. The normalized spacial score (nSPS) is 12.9. The topological polar surface area (TPSA) is 142 Å². The Kier molecular flexibility index (Phi) is 8.23. The first-order chi connectivity index (χ1) is 18.7. The highest BCUT2D eigenvalue weighted by Crippen LogP contribution is 2.37. The lowest BCUT2D eigenvalue weighted by Gasteiger charge is -2.23. The Bertz CT molecular complexity index is 1590. The molecule has 0 saturated carbocycles. The van der Waals surface area contributed by atoms with Gasteiger partial charge in [0.15, 0.2) is 21.5 Å². The number of sulfone groups is 1. The summed E-state index contributed by atoms with van der Waals surface area (Å²) in [5, 5.41) is 16.7. The van der Waals surface area contributed by atoms with Gasteiger partial charge in [-0.15, -0.1) is 10.2 Å². The van der Waals surface area contributed by atoms with Gasteiger partial charge in [0.2, 0.25) is 0 Å². The van der Waals surface area contributed by atoms with Crippen LogP contribution in [-0.4, -0.2) is 59.7 Å². The van der Waals surface area contributed by atoms with Gasteiger partial charge in [0.1, 0.15) is 35.1 Å². The van der Waals surface area contributed by atoms with Crippen LogP contribution in [0.5, 0.6) is 11.5 Å². The number of benzene rings is 1. The van der Waals surface area contributed by atoms with E-state index in [0.29, 0.717) is 39.8 Å². The van der Waals surface area contributed by atoms with Crippen LogP contribution in [0.2, 0.25) is 0 Å². The number of rotatable bonds is 10. The van der Waals surface area contributed by atoms with Crippen molar-refractivity contribution in [2.75, 3.05) is 21.3 Å². The van der Waals surface area contributed by atoms with Crippen molar-refractivity contribution in [3.05, 3.63) is 77.6 Å². The van der Waals surface area contributed by atoms with Crippen LogP contribution < -0.4 is 9.47 Å². The van der Waals surface area contributed by atoms with Gasteiger partial charge in [-0.25, -0.2) is 8.42 Å². The van der Waals surface area contributed by atoms with E-state index in [9.17, 15) is 8.42 Å². The van der Waals surface area contributed by atoms with E-state index >= 15 is 0 Å². The second-order valence-corrected chi connectivity index (χ2v) is 11.1. The SMILES string of the molecule is COc1cccc(OC)c1-n1c(CS(=O)(=O)[C@H](C)[C@H](OC)c2ccc(C#N)cn2)nnc1-c1cncc(C)c1. The number of aromatic nitrogens is 5. The van der Waals surface area contributed by atoms with Crippen LogP contribution in [0.15, 0.2) is 55.0 Å². The summed E-state index contributed by atoms with van der Waals surface area (Å²) in [4.78, 5) is 8.51. The molecular weight excluding hydrogens is 520 g/mol. The van der Waals surface area contributed by atoms with Gasteiger partial charge in [-0.05, 0) is 49.7 Å². The van der Waals surface area contributed by atoms with Crippen LogP contribution in [0.25, 0.3) is 17.1 Å². The van der Waals surface area contributed by atoms with E-state index in [2.05, 4.69) is 20.2 Å². The molecule has 0 aliphatic rings. The van der Waals surface area contributed by atoms with E-state index in [1.807, 2.05) is 19.1 Å². The molecule has 0 amide bonds. The number of methoxy groups -OCH3 is 3. The standard InChI is InChI=1S/C27H28N6O5S/c1-17-11-20(15-29-13-17)27-32-31-24(33(27)25-22(36-3)7-6-8-23(25)37-4)16-39(34,35)18(2)26(38-5)21-10-9-19(12-28)14-30-21/h6-11,13-15,18,26H,16H2,1-5H3/t18-,26+/m1/s1. The smallest absolute Gasteiger partial charge is 0.170 e. The lowest BCUT2D eigenvalue weighted by atomic mass is 10.1. The van der Waals surface area contributed by atoms with E-state index < -0.39 is 26.9 Å². The highest BCUT2D eigenvalue weighted by atomic mass is 32.2. The molecule has 0 saturated heterocycles. The molecule has 0 fully saturated rings. The summed E-state index contributed by atoms with van der Waals surface area (Å²) in [5.74, 6) is 0.962. The zero-order valence-electron chi connectivity index (χ0n) is 22.2. The van der Waals surface area contributed by atoms with Gasteiger partial charge >= 0.3 is 0 Å². The lowest BCUT2D eigenvalue weighted by Crippen LogP contribution is -2.29. The monoisotopic (exact) mass is 548 g/mol. The quantitative estimate of drug-likeness (QED) is 0.288. The molecule has 0 bridgehead atoms. The number of ether oxygens (including phenoxy) is 3. The fraction of sp³-hybridized carbons (Fsp3) is 0.296. The Labute approximate surface area is 227 Å². The van der Waals surface area contributed by atoms with E-state index in [4.69, 9.17) is 19.5 Å². The number of aryl methyl sites for hydroxylation is 1. The third kappa shape index (κ3) is 5.59. The fourth-order valence-corrected chi connectivity index (χ4v) is 5.69. The molecule has 0 unspecified atom stereocenters. The van der Waals surface area contributed by atoms with E-state index in [-0.39, 0.29) is 5.82 Å². The Morgan fingerprint density at radius 1 is 1.03 bits per heavy atom. The van der Waals surface area contributed by atoms with Gasteiger partial charge < -0.3 is 14.2 Å². The molecule has 0 spiro atoms. The van der Waals surface area contributed by atoms with Gasteiger partial charge in [-0.3, -0.25) is 14.5 Å². The van der Waals surface area contributed by atoms with Crippen molar-refractivity contribution in [1.29, 1.82) is 5.26 Å². The molecular formula is C27H28N6O5S. The molecule has 1 aromatic carbocycles. The number of pyridine rings is 2. The summed E-state index contributed by atoms with van der Waals surface area (Å²) < 4.78 is 46.0. The van der Waals surface area contributed by atoms with Crippen LogP contribution in [0, 0.1) is 18.3 Å². The van der Waals surface area contributed by atoms with Crippen LogP contribution in [-0.2, 0) is 20.3 Å². The van der Waals surface area contributed by atoms with Crippen LogP contribution in [0.3, 0.4) is 0 Å². The Morgan fingerprint density at radius 3 is 2.31 bits per heavy atom. The maximum Gasteiger partial charge on any atom is 0.170 e. The number of hydrogen-bond donors (Lipinski definition) is 0. The summed E-state index contributed by atoms with van der Waals surface area (Å²) in [5.41, 5.74) is 2.76. The summed E-state index contributed by atoms with van der Waals surface area (Å²) in [7, 11) is 0.566. The first kappa shape index (κ1) is 27.7. The van der Waals surface area contributed by atoms with Gasteiger partial charge in [0.25, 0.3) is 0 Å². The fourth-order valence-electron chi connectivity index (χ4n) is 4.25. The Morgan fingerprint density at radius 2 is 1.74 bits per heavy atom. The van der Waals surface area contributed by atoms with Crippen molar-refractivity contribution in [1.82, 2.24) is 24.7 Å². The second kappa shape index (κ2) is 11.6. The third-order valence-electron chi connectivity index (χ3n) is 6.27. The van der Waals surface area contributed by atoms with E-state index in [1.54, 1.807) is 54.2 Å². The molecule has 0 aliphatic carbocycles. The van der Waals surface area contributed by atoms with Crippen LogP contribution in [0.4, 0.5) is 0 Å². The first-order valence-electron chi connectivity index (χ1n) is 11.9. The molecule has 2 atom stereocenters. The van der Waals surface area contributed by atoms with Crippen molar-refractivity contribution >= 4 is 9.84 Å². The molecule has 11 nitrogen and oxygen atoms in total. The van der Waals surface area contributed by atoms with E-state index in [0.717, 1.165) is 5.56 Å². The molecule has 0 radical (unpaired) electrons. The zero-order valence-corrected chi connectivity index (χ0v) is 23.0. The van der Waals surface area contributed by atoms with Crippen molar-refractivity contribution in [3.8, 4) is 34.6 Å². The average molecular weight is 549 g/mol. The van der Waals surface area contributed by atoms with Crippen LogP contribution >= 0.6 is 0 Å². The van der Waals surface area contributed by atoms with Gasteiger partial charge in [-0.1, -0.05) is 6.07 Å². The van der Waals surface area contributed by atoms with Crippen molar-refractivity contribution in [3.63, 3.8) is 0 Å². The van der Waals surface area contributed by atoms with Crippen molar-refractivity contribution < 1.29 is 22.6 Å². The minimum Gasteiger partial charge on any atom is -0.494 e. The predicted molar refractivity (Wildman–Crippen MR) is 143 cm³/mol. The number of hydrogen-bond acceptors (Lipinski definition) is 10. The summed E-state index contributed by atoms with van der Waals surface area (Å²) in [6, 6.07) is 12.3. The van der Waals surface area contributed by atoms with Gasteiger partial charge in [0, 0.05) is 31.3 Å².